The van der Waals surface area contributed by atoms with E-state index in [9.17, 15) is 9.59 Å². The molecule has 4 nitrogen and oxygen atoms in total. The van der Waals surface area contributed by atoms with Gasteiger partial charge in [0.25, 0.3) is 0 Å². The van der Waals surface area contributed by atoms with Crippen LogP contribution in [-0.2, 0) is 9.59 Å². The van der Waals surface area contributed by atoms with Gasteiger partial charge in [0.2, 0.25) is 11.8 Å². The first-order chi connectivity index (χ1) is 7.47. The predicted molar refractivity (Wildman–Crippen MR) is 62.9 cm³/mol. The van der Waals surface area contributed by atoms with Crippen molar-refractivity contribution in [1.82, 2.24) is 10.2 Å². The lowest BCUT2D eigenvalue weighted by Gasteiger charge is -2.29. The topological polar surface area (TPSA) is 49.4 Å². The van der Waals surface area contributed by atoms with Crippen molar-refractivity contribution in [2.45, 2.75) is 52.6 Å². The monoisotopic (exact) mass is 226 g/mol. The van der Waals surface area contributed by atoms with E-state index in [2.05, 4.69) is 5.32 Å². The molecule has 1 fully saturated rings. The third kappa shape index (κ3) is 2.74. The summed E-state index contributed by atoms with van der Waals surface area (Å²) in [4.78, 5) is 25.6. The molecule has 92 valence electrons. The van der Waals surface area contributed by atoms with Gasteiger partial charge in [-0.2, -0.15) is 0 Å². The standard InChI is InChI=1S/C12H22N2O2/c1-5-9(4)11-12(16)14(8(2)3)7-6-10(15)13-11/h8-9,11H,5-7H2,1-4H3,(H,13,15). The highest BCUT2D eigenvalue weighted by molar-refractivity contribution is 5.90. The average Bonchev–Trinajstić information content (AvgIpc) is 2.37. The zero-order valence-corrected chi connectivity index (χ0v) is 10.6. The van der Waals surface area contributed by atoms with Gasteiger partial charge in [-0.3, -0.25) is 9.59 Å². The molecule has 0 aromatic carbocycles. The third-order valence-electron chi connectivity index (χ3n) is 3.28. The predicted octanol–water partition coefficient (Wildman–Crippen LogP) is 1.16. The van der Waals surface area contributed by atoms with Crippen LogP contribution in [-0.4, -0.2) is 35.3 Å². The number of carbonyl (C=O) groups is 2. The molecule has 0 saturated carbocycles. The van der Waals surface area contributed by atoms with Crippen LogP contribution in [0.25, 0.3) is 0 Å². The molecule has 0 aromatic heterocycles. The molecule has 0 spiro atoms. The lowest BCUT2D eigenvalue weighted by Crippen LogP contribution is -2.50. The average molecular weight is 226 g/mol. The Hall–Kier alpha value is -1.06. The molecule has 1 aliphatic heterocycles. The van der Waals surface area contributed by atoms with Gasteiger partial charge in [-0.15, -0.1) is 0 Å². The summed E-state index contributed by atoms with van der Waals surface area (Å²) in [5, 5.41) is 2.83. The van der Waals surface area contributed by atoms with Crippen LogP contribution in [0.1, 0.15) is 40.5 Å². The van der Waals surface area contributed by atoms with Crippen molar-refractivity contribution in [2.24, 2.45) is 5.92 Å². The van der Waals surface area contributed by atoms with E-state index in [0.717, 1.165) is 6.42 Å². The summed E-state index contributed by atoms with van der Waals surface area (Å²) < 4.78 is 0. The van der Waals surface area contributed by atoms with Crippen LogP contribution in [0.5, 0.6) is 0 Å². The summed E-state index contributed by atoms with van der Waals surface area (Å²) in [5.74, 6) is 0.243. The molecule has 2 unspecified atom stereocenters. The van der Waals surface area contributed by atoms with Crippen LogP contribution >= 0.6 is 0 Å². The molecule has 1 aliphatic rings. The SMILES string of the molecule is CCC(C)C1NC(=O)CCN(C(C)C)C1=O. The Morgan fingerprint density at radius 3 is 2.50 bits per heavy atom. The minimum Gasteiger partial charge on any atom is -0.344 e. The molecule has 2 amide bonds. The highest BCUT2D eigenvalue weighted by Crippen LogP contribution is 2.15. The van der Waals surface area contributed by atoms with Gasteiger partial charge < -0.3 is 10.2 Å². The fourth-order valence-corrected chi connectivity index (χ4v) is 1.95. The maximum atomic E-state index is 12.2. The smallest absolute Gasteiger partial charge is 0.245 e. The second-order valence-electron chi connectivity index (χ2n) is 4.81. The van der Waals surface area contributed by atoms with Gasteiger partial charge in [0.1, 0.15) is 6.04 Å². The Bertz CT molecular complexity index is 276. The van der Waals surface area contributed by atoms with E-state index in [1.807, 2.05) is 27.7 Å². The molecule has 0 aliphatic carbocycles. The molecule has 0 bridgehead atoms. The summed E-state index contributed by atoms with van der Waals surface area (Å²) in [6, 6.07) is -0.186. The summed E-state index contributed by atoms with van der Waals surface area (Å²) in [5.41, 5.74) is 0. The number of nitrogens with zero attached hydrogens (tertiary/aromatic N) is 1. The fourth-order valence-electron chi connectivity index (χ4n) is 1.95. The van der Waals surface area contributed by atoms with Crippen LogP contribution < -0.4 is 5.32 Å². The molecular formula is C12H22N2O2. The Morgan fingerprint density at radius 2 is 2.00 bits per heavy atom. The quantitative estimate of drug-likeness (QED) is 0.785. The van der Waals surface area contributed by atoms with Crippen LogP contribution in [0.15, 0.2) is 0 Å². The van der Waals surface area contributed by atoms with Crippen LogP contribution in [0.4, 0.5) is 0 Å². The number of amides is 2. The molecule has 1 heterocycles. The Labute approximate surface area is 97.4 Å². The third-order valence-corrected chi connectivity index (χ3v) is 3.28. The Balaban J connectivity index is 2.88. The molecule has 2 atom stereocenters. The molecule has 0 radical (unpaired) electrons. The van der Waals surface area contributed by atoms with Crippen molar-refractivity contribution >= 4 is 11.8 Å². The first kappa shape index (κ1) is 13.0. The molecule has 1 saturated heterocycles. The largest absolute Gasteiger partial charge is 0.344 e. The highest BCUT2D eigenvalue weighted by atomic mass is 16.2. The van der Waals surface area contributed by atoms with Crippen molar-refractivity contribution in [3.63, 3.8) is 0 Å². The van der Waals surface area contributed by atoms with Gasteiger partial charge in [0, 0.05) is 19.0 Å². The normalized spacial score (nSPS) is 24.3. The number of nitrogens with one attached hydrogen (secondary N) is 1. The highest BCUT2D eigenvalue weighted by Gasteiger charge is 2.33. The minimum absolute atomic E-state index is 0.0122. The van der Waals surface area contributed by atoms with E-state index in [-0.39, 0.29) is 29.8 Å². The molecule has 16 heavy (non-hydrogen) atoms. The molecule has 1 N–H and O–H groups in total. The van der Waals surface area contributed by atoms with Crippen molar-refractivity contribution in [2.75, 3.05) is 6.54 Å². The molecule has 4 heteroatoms. The fraction of sp³-hybridized carbons (Fsp3) is 0.833. The van der Waals surface area contributed by atoms with Crippen molar-refractivity contribution in [1.29, 1.82) is 0 Å². The maximum Gasteiger partial charge on any atom is 0.245 e. The zero-order valence-electron chi connectivity index (χ0n) is 10.6. The second kappa shape index (κ2) is 5.32. The summed E-state index contributed by atoms with van der Waals surface area (Å²) in [6.45, 7) is 8.55. The summed E-state index contributed by atoms with van der Waals surface area (Å²) in [7, 11) is 0. The van der Waals surface area contributed by atoms with Gasteiger partial charge in [-0.05, 0) is 19.8 Å². The van der Waals surface area contributed by atoms with E-state index >= 15 is 0 Å². The minimum atomic E-state index is -0.345. The van der Waals surface area contributed by atoms with Gasteiger partial charge in [-0.25, -0.2) is 0 Å². The van der Waals surface area contributed by atoms with E-state index in [1.165, 1.54) is 0 Å². The van der Waals surface area contributed by atoms with Crippen LogP contribution in [0, 0.1) is 5.92 Å². The van der Waals surface area contributed by atoms with E-state index in [4.69, 9.17) is 0 Å². The van der Waals surface area contributed by atoms with Crippen LogP contribution in [0.2, 0.25) is 0 Å². The van der Waals surface area contributed by atoms with Crippen molar-refractivity contribution in [3.05, 3.63) is 0 Å². The zero-order chi connectivity index (χ0) is 12.3. The Morgan fingerprint density at radius 1 is 1.38 bits per heavy atom. The second-order valence-corrected chi connectivity index (χ2v) is 4.81. The number of hydrogen-bond acceptors (Lipinski definition) is 2. The van der Waals surface area contributed by atoms with E-state index in [1.54, 1.807) is 4.90 Å². The van der Waals surface area contributed by atoms with Gasteiger partial charge in [0.05, 0.1) is 0 Å². The molecule has 0 aromatic rings. The van der Waals surface area contributed by atoms with E-state index < -0.39 is 0 Å². The van der Waals surface area contributed by atoms with Crippen LogP contribution in [0.3, 0.4) is 0 Å². The first-order valence-corrected chi connectivity index (χ1v) is 6.07. The Kier molecular flexibility index (Phi) is 4.33. The van der Waals surface area contributed by atoms with Gasteiger partial charge in [-0.1, -0.05) is 20.3 Å². The van der Waals surface area contributed by atoms with Gasteiger partial charge in [0.15, 0.2) is 0 Å². The lowest BCUT2D eigenvalue weighted by atomic mass is 9.98. The summed E-state index contributed by atoms with van der Waals surface area (Å²) >= 11 is 0. The van der Waals surface area contributed by atoms with Crippen molar-refractivity contribution in [3.8, 4) is 0 Å². The summed E-state index contributed by atoms with van der Waals surface area (Å²) in [6.07, 6.45) is 1.31. The number of hydrogen-bond donors (Lipinski definition) is 1. The van der Waals surface area contributed by atoms with Gasteiger partial charge >= 0.3 is 0 Å². The maximum absolute atomic E-state index is 12.2. The number of carbonyl (C=O) groups excluding carboxylic acids is 2. The number of rotatable bonds is 3. The van der Waals surface area contributed by atoms with E-state index in [0.29, 0.717) is 13.0 Å². The van der Waals surface area contributed by atoms with Crippen molar-refractivity contribution < 1.29 is 9.59 Å². The lowest BCUT2D eigenvalue weighted by molar-refractivity contribution is -0.136. The molecule has 1 rings (SSSR count). The first-order valence-electron chi connectivity index (χ1n) is 6.07. The molecular weight excluding hydrogens is 204 g/mol.